The second-order valence-corrected chi connectivity index (χ2v) is 10.7. The Bertz CT molecular complexity index is 1370. The zero-order chi connectivity index (χ0) is 23.5. The molecular weight excluding hydrogens is 464 g/mol. The first-order valence-electron chi connectivity index (χ1n) is 11.6. The molecule has 174 valence electrons. The molecule has 1 saturated carbocycles. The van der Waals surface area contributed by atoms with Crippen molar-refractivity contribution >= 4 is 39.7 Å². The lowest BCUT2D eigenvalue weighted by atomic mass is 9.90. The lowest BCUT2D eigenvalue weighted by molar-refractivity contribution is 0.102. The van der Waals surface area contributed by atoms with E-state index < -0.39 is 0 Å². The second kappa shape index (κ2) is 10.1. The highest BCUT2D eigenvalue weighted by atomic mass is 32.2. The van der Waals surface area contributed by atoms with Crippen LogP contribution >= 0.6 is 23.1 Å². The summed E-state index contributed by atoms with van der Waals surface area (Å²) in [7, 11) is 0. The van der Waals surface area contributed by atoms with Crippen LogP contribution in [0.3, 0.4) is 0 Å². The van der Waals surface area contributed by atoms with Crippen molar-refractivity contribution in [3.63, 3.8) is 0 Å². The molecule has 6 nitrogen and oxygen atoms in total. The highest BCUT2D eigenvalue weighted by Gasteiger charge is 2.21. The number of carbonyl (C=O) groups is 1. The summed E-state index contributed by atoms with van der Waals surface area (Å²) in [6, 6.07) is 16.8. The Morgan fingerprint density at radius 3 is 2.68 bits per heavy atom. The zero-order valence-corrected chi connectivity index (χ0v) is 20.6. The van der Waals surface area contributed by atoms with Crippen molar-refractivity contribution in [2.24, 2.45) is 0 Å². The quantitative estimate of drug-likeness (QED) is 0.333. The number of amides is 1. The number of hydrogen-bond acceptors (Lipinski definition) is 6. The lowest BCUT2D eigenvalue weighted by Gasteiger charge is -2.18. The van der Waals surface area contributed by atoms with Gasteiger partial charge in [0.1, 0.15) is 5.01 Å². The van der Waals surface area contributed by atoms with E-state index in [1.807, 2.05) is 55.5 Å². The molecule has 4 aromatic rings. The minimum Gasteiger partial charge on any atom is -0.321 e. The zero-order valence-electron chi connectivity index (χ0n) is 19.0. The fourth-order valence-electron chi connectivity index (χ4n) is 4.21. The number of anilines is 1. The van der Waals surface area contributed by atoms with Crippen LogP contribution in [-0.4, -0.2) is 20.5 Å². The first kappa shape index (κ1) is 22.8. The predicted molar refractivity (Wildman–Crippen MR) is 138 cm³/mol. The van der Waals surface area contributed by atoms with Crippen LogP contribution in [0.5, 0.6) is 0 Å². The van der Waals surface area contributed by atoms with Gasteiger partial charge in [0.05, 0.1) is 11.4 Å². The number of aryl methyl sites for hydroxylation is 1. The van der Waals surface area contributed by atoms with Gasteiger partial charge in [0, 0.05) is 28.2 Å². The summed E-state index contributed by atoms with van der Waals surface area (Å²) < 4.78 is 1.44. The molecular formula is C26H26N4O2S2. The summed E-state index contributed by atoms with van der Waals surface area (Å²) in [5.41, 5.74) is 3.05. The van der Waals surface area contributed by atoms with Crippen LogP contribution in [0, 0.1) is 6.92 Å². The van der Waals surface area contributed by atoms with Crippen LogP contribution in [0.2, 0.25) is 0 Å². The third-order valence-electron chi connectivity index (χ3n) is 6.09. The molecule has 0 radical (unpaired) electrons. The fourth-order valence-corrected chi connectivity index (χ4v) is 6.20. The molecule has 2 aromatic heterocycles. The second-order valence-electron chi connectivity index (χ2n) is 8.66. The van der Waals surface area contributed by atoms with E-state index >= 15 is 0 Å². The summed E-state index contributed by atoms with van der Waals surface area (Å²) in [6.45, 7) is 1.99. The van der Waals surface area contributed by atoms with Gasteiger partial charge >= 0.3 is 0 Å². The third kappa shape index (κ3) is 5.08. The summed E-state index contributed by atoms with van der Waals surface area (Å²) in [5, 5.41) is 8.62. The van der Waals surface area contributed by atoms with Crippen molar-refractivity contribution in [3.05, 3.63) is 86.8 Å². The molecule has 0 unspecified atom stereocenters. The SMILES string of the molecule is Cc1ccc(C(=O)Nc2ccccc2SCc2cc(=O)n3nc(C4CCCCC4)sc3n2)cc1. The van der Waals surface area contributed by atoms with E-state index in [1.165, 1.54) is 35.1 Å². The Balaban J connectivity index is 1.32. The molecule has 1 fully saturated rings. The molecule has 0 bridgehead atoms. The molecule has 0 atom stereocenters. The predicted octanol–water partition coefficient (Wildman–Crippen LogP) is 6.05. The smallest absolute Gasteiger partial charge is 0.275 e. The Morgan fingerprint density at radius 2 is 1.88 bits per heavy atom. The molecule has 1 N–H and O–H groups in total. The number of benzene rings is 2. The number of fused-ring (bicyclic) bond motifs is 1. The molecule has 2 aromatic carbocycles. The monoisotopic (exact) mass is 490 g/mol. The normalized spacial score (nSPS) is 14.4. The summed E-state index contributed by atoms with van der Waals surface area (Å²) in [4.78, 5) is 31.7. The van der Waals surface area contributed by atoms with Crippen molar-refractivity contribution < 1.29 is 4.79 Å². The lowest BCUT2D eigenvalue weighted by Crippen LogP contribution is -2.16. The van der Waals surface area contributed by atoms with Gasteiger partial charge < -0.3 is 5.32 Å². The third-order valence-corrected chi connectivity index (χ3v) is 8.27. The Morgan fingerprint density at radius 1 is 1.12 bits per heavy atom. The maximum absolute atomic E-state index is 12.7. The van der Waals surface area contributed by atoms with Crippen molar-refractivity contribution in [1.29, 1.82) is 0 Å². The Kier molecular flexibility index (Phi) is 6.78. The van der Waals surface area contributed by atoms with Gasteiger partial charge in [-0.15, -0.1) is 11.8 Å². The van der Waals surface area contributed by atoms with Gasteiger partial charge in [0.2, 0.25) is 4.96 Å². The largest absolute Gasteiger partial charge is 0.321 e. The summed E-state index contributed by atoms with van der Waals surface area (Å²) in [6.07, 6.45) is 6.02. The molecule has 0 spiro atoms. The van der Waals surface area contributed by atoms with Crippen LogP contribution in [0.15, 0.2) is 64.3 Å². The average molecular weight is 491 g/mol. The van der Waals surface area contributed by atoms with E-state index in [-0.39, 0.29) is 11.5 Å². The van der Waals surface area contributed by atoms with Crippen molar-refractivity contribution in [1.82, 2.24) is 14.6 Å². The van der Waals surface area contributed by atoms with Crippen LogP contribution in [0.1, 0.15) is 64.6 Å². The van der Waals surface area contributed by atoms with Crippen LogP contribution < -0.4 is 10.9 Å². The number of nitrogens with zero attached hydrogens (tertiary/aromatic N) is 3. The van der Waals surface area contributed by atoms with E-state index in [0.29, 0.717) is 27.9 Å². The van der Waals surface area contributed by atoms with Crippen LogP contribution in [0.25, 0.3) is 4.96 Å². The highest BCUT2D eigenvalue weighted by molar-refractivity contribution is 7.98. The molecule has 0 aliphatic heterocycles. The molecule has 2 heterocycles. The fraction of sp³-hybridized carbons (Fsp3) is 0.308. The van der Waals surface area contributed by atoms with E-state index in [9.17, 15) is 9.59 Å². The molecule has 1 aliphatic rings. The number of hydrogen-bond donors (Lipinski definition) is 1. The number of thioether (sulfide) groups is 1. The summed E-state index contributed by atoms with van der Waals surface area (Å²) >= 11 is 3.09. The van der Waals surface area contributed by atoms with E-state index in [4.69, 9.17) is 4.98 Å². The molecule has 0 saturated heterocycles. The number of para-hydroxylation sites is 1. The minimum absolute atomic E-state index is 0.139. The molecule has 1 aliphatic carbocycles. The van der Waals surface area contributed by atoms with E-state index in [0.717, 1.165) is 34.0 Å². The number of aromatic nitrogens is 3. The van der Waals surface area contributed by atoms with Gasteiger partial charge in [-0.25, -0.2) is 4.98 Å². The first-order valence-corrected chi connectivity index (χ1v) is 13.4. The summed E-state index contributed by atoms with van der Waals surface area (Å²) in [5.74, 6) is 0.826. The maximum Gasteiger partial charge on any atom is 0.275 e. The van der Waals surface area contributed by atoms with Gasteiger partial charge in [0.15, 0.2) is 0 Å². The Hall–Kier alpha value is -2.97. The van der Waals surface area contributed by atoms with Gasteiger partial charge in [0.25, 0.3) is 11.5 Å². The molecule has 1 amide bonds. The molecule has 8 heteroatoms. The number of nitrogens with one attached hydrogen (secondary N) is 1. The number of rotatable bonds is 6. The molecule has 5 rings (SSSR count). The minimum atomic E-state index is -0.147. The van der Waals surface area contributed by atoms with Gasteiger partial charge in [-0.2, -0.15) is 9.61 Å². The van der Waals surface area contributed by atoms with E-state index in [2.05, 4.69) is 10.4 Å². The van der Waals surface area contributed by atoms with Gasteiger partial charge in [-0.3, -0.25) is 9.59 Å². The highest BCUT2D eigenvalue weighted by Crippen LogP contribution is 2.35. The number of carbonyl (C=O) groups excluding carboxylic acids is 1. The van der Waals surface area contributed by atoms with E-state index in [1.54, 1.807) is 17.8 Å². The standard InChI is InChI=1S/C26H26N4O2S2/c1-17-11-13-18(14-12-17)24(32)28-21-9-5-6-10-22(21)33-16-20-15-23(31)30-26(27-20)34-25(29-30)19-7-3-2-4-8-19/h5-6,9-15,19H,2-4,7-8,16H2,1H3,(H,28,32). The van der Waals surface area contributed by atoms with Crippen LogP contribution in [-0.2, 0) is 5.75 Å². The van der Waals surface area contributed by atoms with Crippen molar-refractivity contribution in [2.45, 2.75) is 55.6 Å². The maximum atomic E-state index is 12.7. The topological polar surface area (TPSA) is 76.4 Å². The average Bonchev–Trinajstić information content (AvgIpc) is 3.29. The van der Waals surface area contributed by atoms with Gasteiger partial charge in [-0.1, -0.05) is 60.4 Å². The van der Waals surface area contributed by atoms with Crippen molar-refractivity contribution in [3.8, 4) is 0 Å². The van der Waals surface area contributed by atoms with Gasteiger partial charge in [-0.05, 0) is 44.0 Å². The molecule has 34 heavy (non-hydrogen) atoms. The van der Waals surface area contributed by atoms with Crippen LogP contribution in [0.4, 0.5) is 5.69 Å². The first-order chi connectivity index (χ1) is 16.6. The Labute approximate surface area is 206 Å². The van der Waals surface area contributed by atoms with Crippen molar-refractivity contribution in [2.75, 3.05) is 5.32 Å².